The molecular weight excluding hydrogens is 222 g/mol. The summed E-state index contributed by atoms with van der Waals surface area (Å²) < 4.78 is 10.1. The van der Waals surface area contributed by atoms with E-state index >= 15 is 0 Å². The van der Waals surface area contributed by atoms with Crippen molar-refractivity contribution < 1.29 is 14.1 Å². The molecule has 1 aliphatic heterocycles. The van der Waals surface area contributed by atoms with Crippen molar-refractivity contribution >= 4 is 6.09 Å². The normalized spacial score (nSPS) is 20.6. The van der Waals surface area contributed by atoms with Crippen molar-refractivity contribution in [2.45, 2.75) is 45.3 Å². The Morgan fingerprint density at radius 1 is 1.59 bits per heavy atom. The minimum Gasteiger partial charge on any atom is -0.444 e. The number of amides is 1. The maximum absolute atomic E-state index is 12.0. The van der Waals surface area contributed by atoms with Gasteiger partial charge in [0.05, 0.1) is 6.04 Å². The molecule has 1 aromatic rings. The van der Waals surface area contributed by atoms with Gasteiger partial charge in [0.15, 0.2) is 5.82 Å². The van der Waals surface area contributed by atoms with Gasteiger partial charge in [-0.05, 0) is 33.6 Å². The number of likely N-dealkylation sites (tertiary alicyclic amines) is 1. The van der Waals surface area contributed by atoms with Crippen molar-refractivity contribution in [2.75, 3.05) is 6.54 Å². The summed E-state index contributed by atoms with van der Waals surface area (Å²) in [5, 5.41) is 3.79. The van der Waals surface area contributed by atoms with Crippen LogP contribution in [0, 0.1) is 0 Å². The second-order valence-corrected chi connectivity index (χ2v) is 5.12. The average molecular weight is 239 g/mol. The molecule has 1 atom stereocenters. The van der Waals surface area contributed by atoms with E-state index in [-0.39, 0.29) is 12.1 Å². The molecule has 0 bridgehead atoms. The lowest BCUT2D eigenvalue weighted by Gasteiger charge is -2.27. The maximum Gasteiger partial charge on any atom is 0.410 e. The number of ether oxygens (including phenoxy) is 1. The van der Waals surface area contributed by atoms with Crippen molar-refractivity contribution in [1.29, 1.82) is 0 Å². The van der Waals surface area contributed by atoms with E-state index in [4.69, 9.17) is 9.26 Å². The molecule has 0 saturated carbocycles. The van der Waals surface area contributed by atoms with Crippen molar-refractivity contribution in [3.63, 3.8) is 0 Å². The lowest BCUT2D eigenvalue weighted by atomic mass is 10.2. The van der Waals surface area contributed by atoms with Crippen LogP contribution in [0.15, 0.2) is 10.9 Å². The third-order valence-electron chi connectivity index (χ3n) is 2.56. The molecule has 2 heterocycles. The second kappa shape index (κ2) is 4.35. The van der Waals surface area contributed by atoms with Gasteiger partial charge >= 0.3 is 6.09 Å². The molecule has 0 aliphatic carbocycles. The molecular formula is C11H17N3O3. The molecule has 0 aromatic carbocycles. The van der Waals surface area contributed by atoms with Crippen LogP contribution in [0.3, 0.4) is 0 Å². The molecule has 1 saturated heterocycles. The molecule has 1 fully saturated rings. The summed E-state index contributed by atoms with van der Waals surface area (Å²) >= 11 is 0. The summed E-state index contributed by atoms with van der Waals surface area (Å²) in [5.41, 5.74) is -0.485. The predicted molar refractivity (Wildman–Crippen MR) is 59.2 cm³/mol. The smallest absolute Gasteiger partial charge is 0.410 e. The van der Waals surface area contributed by atoms with E-state index in [2.05, 4.69) is 10.1 Å². The molecule has 0 radical (unpaired) electrons. The summed E-state index contributed by atoms with van der Waals surface area (Å²) in [5.74, 6) is 0.549. The number of carbonyl (C=O) groups is 1. The van der Waals surface area contributed by atoms with Gasteiger partial charge in [-0.3, -0.25) is 4.90 Å². The van der Waals surface area contributed by atoms with Crippen LogP contribution in [-0.4, -0.2) is 33.3 Å². The predicted octanol–water partition coefficient (Wildman–Crippen LogP) is 2.14. The van der Waals surface area contributed by atoms with Gasteiger partial charge < -0.3 is 9.26 Å². The van der Waals surface area contributed by atoms with Crippen LogP contribution in [0.4, 0.5) is 4.79 Å². The summed E-state index contributed by atoms with van der Waals surface area (Å²) in [6.45, 7) is 6.23. The first-order valence-electron chi connectivity index (χ1n) is 5.73. The van der Waals surface area contributed by atoms with E-state index in [1.807, 2.05) is 20.8 Å². The zero-order valence-electron chi connectivity index (χ0n) is 10.3. The quantitative estimate of drug-likeness (QED) is 0.751. The van der Waals surface area contributed by atoms with Crippen LogP contribution in [0.2, 0.25) is 0 Å². The first-order valence-corrected chi connectivity index (χ1v) is 5.73. The van der Waals surface area contributed by atoms with E-state index in [1.165, 1.54) is 6.39 Å². The highest BCUT2D eigenvalue weighted by Gasteiger charge is 2.35. The first-order chi connectivity index (χ1) is 7.97. The van der Waals surface area contributed by atoms with E-state index in [0.29, 0.717) is 12.4 Å². The number of nitrogens with zero attached hydrogens (tertiary/aromatic N) is 3. The van der Waals surface area contributed by atoms with Crippen molar-refractivity contribution in [1.82, 2.24) is 15.0 Å². The molecule has 0 unspecified atom stereocenters. The average Bonchev–Trinajstić information content (AvgIpc) is 2.85. The molecule has 0 N–H and O–H groups in total. The summed E-state index contributed by atoms with van der Waals surface area (Å²) in [7, 11) is 0. The number of hydrogen-bond donors (Lipinski definition) is 0. The van der Waals surface area contributed by atoms with Crippen LogP contribution in [-0.2, 0) is 4.74 Å². The molecule has 6 heteroatoms. The van der Waals surface area contributed by atoms with Gasteiger partial charge in [-0.1, -0.05) is 5.16 Å². The van der Waals surface area contributed by atoms with Gasteiger partial charge in [0.25, 0.3) is 0 Å². The number of rotatable bonds is 1. The largest absolute Gasteiger partial charge is 0.444 e. The van der Waals surface area contributed by atoms with Crippen molar-refractivity contribution in [3.05, 3.63) is 12.2 Å². The highest BCUT2D eigenvalue weighted by molar-refractivity contribution is 5.69. The summed E-state index contributed by atoms with van der Waals surface area (Å²) in [6, 6.07) is -0.122. The minimum atomic E-state index is -0.485. The molecule has 0 spiro atoms. The Labute approximate surface area is 99.9 Å². The molecule has 1 aromatic heterocycles. The number of hydrogen-bond acceptors (Lipinski definition) is 5. The summed E-state index contributed by atoms with van der Waals surface area (Å²) in [4.78, 5) is 17.6. The maximum atomic E-state index is 12.0. The highest BCUT2D eigenvalue weighted by Crippen LogP contribution is 2.30. The van der Waals surface area contributed by atoms with E-state index in [9.17, 15) is 4.79 Å². The Bertz CT molecular complexity index is 383. The lowest BCUT2D eigenvalue weighted by molar-refractivity contribution is 0.0217. The standard InChI is InChI=1S/C11H17N3O3/c1-11(2,3)17-10(15)14-6-4-5-8(14)9-12-7-16-13-9/h7-8H,4-6H2,1-3H3/t8-/m1/s1. The van der Waals surface area contributed by atoms with Crippen molar-refractivity contribution in [3.8, 4) is 0 Å². The Balaban J connectivity index is 2.07. The molecule has 17 heavy (non-hydrogen) atoms. The Morgan fingerprint density at radius 3 is 2.94 bits per heavy atom. The minimum absolute atomic E-state index is 0.122. The van der Waals surface area contributed by atoms with Crippen LogP contribution in [0.25, 0.3) is 0 Å². The first kappa shape index (κ1) is 11.9. The third-order valence-corrected chi connectivity index (χ3v) is 2.56. The second-order valence-electron chi connectivity index (χ2n) is 5.12. The Morgan fingerprint density at radius 2 is 2.35 bits per heavy atom. The van der Waals surface area contributed by atoms with Crippen LogP contribution < -0.4 is 0 Å². The van der Waals surface area contributed by atoms with Crippen molar-refractivity contribution in [2.24, 2.45) is 0 Å². The van der Waals surface area contributed by atoms with Gasteiger partial charge in [-0.2, -0.15) is 4.98 Å². The van der Waals surface area contributed by atoms with Gasteiger partial charge in [0.1, 0.15) is 5.60 Å². The Kier molecular flexibility index (Phi) is 3.04. The fourth-order valence-electron chi connectivity index (χ4n) is 1.90. The monoisotopic (exact) mass is 239 g/mol. The van der Waals surface area contributed by atoms with Crippen LogP contribution in [0.5, 0.6) is 0 Å². The van der Waals surface area contributed by atoms with E-state index < -0.39 is 5.60 Å². The summed E-state index contributed by atoms with van der Waals surface area (Å²) in [6.07, 6.45) is 2.74. The van der Waals surface area contributed by atoms with Gasteiger partial charge in [0.2, 0.25) is 6.39 Å². The molecule has 1 amide bonds. The highest BCUT2D eigenvalue weighted by atomic mass is 16.6. The number of carbonyl (C=O) groups excluding carboxylic acids is 1. The molecule has 6 nitrogen and oxygen atoms in total. The van der Waals surface area contributed by atoms with E-state index in [0.717, 1.165) is 12.8 Å². The molecule has 2 rings (SSSR count). The van der Waals surface area contributed by atoms with E-state index in [1.54, 1.807) is 4.90 Å². The Hall–Kier alpha value is -1.59. The van der Waals surface area contributed by atoms with Gasteiger partial charge in [-0.15, -0.1) is 0 Å². The zero-order valence-corrected chi connectivity index (χ0v) is 10.3. The van der Waals surface area contributed by atoms with Gasteiger partial charge in [-0.25, -0.2) is 4.79 Å². The fraction of sp³-hybridized carbons (Fsp3) is 0.727. The lowest BCUT2D eigenvalue weighted by Crippen LogP contribution is -2.36. The fourth-order valence-corrected chi connectivity index (χ4v) is 1.90. The zero-order chi connectivity index (χ0) is 12.5. The SMILES string of the molecule is CC(C)(C)OC(=O)N1CCC[C@@H]1c1ncon1. The van der Waals surface area contributed by atoms with Gasteiger partial charge in [0, 0.05) is 6.54 Å². The topological polar surface area (TPSA) is 68.5 Å². The van der Waals surface area contributed by atoms with Crippen LogP contribution in [0.1, 0.15) is 45.5 Å². The van der Waals surface area contributed by atoms with Crippen LogP contribution >= 0.6 is 0 Å². The molecule has 1 aliphatic rings. The number of aromatic nitrogens is 2. The molecule has 94 valence electrons. The third kappa shape index (κ3) is 2.75.